The molecule has 16 heavy (non-hydrogen) atoms. The van der Waals surface area contributed by atoms with Gasteiger partial charge in [0.1, 0.15) is 0 Å². The highest BCUT2D eigenvalue weighted by atomic mass is 16.3. The molecule has 1 N–H and O–H groups in total. The van der Waals surface area contributed by atoms with Crippen molar-refractivity contribution in [2.75, 3.05) is 20.2 Å². The molecule has 1 aromatic heterocycles. The first-order valence-electron chi connectivity index (χ1n) is 5.76. The van der Waals surface area contributed by atoms with E-state index in [9.17, 15) is 5.11 Å². The molecule has 0 fully saturated rings. The molecule has 1 unspecified atom stereocenters. The van der Waals surface area contributed by atoms with Crippen molar-refractivity contribution in [2.45, 2.75) is 26.8 Å². The summed E-state index contributed by atoms with van der Waals surface area (Å²) in [4.78, 5) is 2.23. The molecule has 0 aliphatic carbocycles. The minimum absolute atomic E-state index is 0.00302. The molecule has 4 nitrogen and oxygen atoms in total. The lowest BCUT2D eigenvalue weighted by atomic mass is 9.88. The highest BCUT2D eigenvalue weighted by Crippen LogP contribution is 2.21. The van der Waals surface area contributed by atoms with Crippen LogP contribution in [0.3, 0.4) is 0 Å². The third-order valence-corrected chi connectivity index (χ3v) is 3.10. The zero-order valence-corrected chi connectivity index (χ0v) is 10.8. The van der Waals surface area contributed by atoms with E-state index in [1.165, 1.54) is 5.56 Å². The molecule has 0 saturated heterocycles. The van der Waals surface area contributed by atoms with Crippen molar-refractivity contribution in [3.05, 3.63) is 18.0 Å². The number of aryl methyl sites for hydroxylation is 1. The van der Waals surface area contributed by atoms with Gasteiger partial charge >= 0.3 is 0 Å². The van der Waals surface area contributed by atoms with Crippen LogP contribution in [0.15, 0.2) is 12.4 Å². The zero-order valence-electron chi connectivity index (χ0n) is 10.8. The number of aromatic nitrogens is 2. The molecule has 0 spiro atoms. The normalized spacial score (nSPS) is 15.4. The predicted molar refractivity (Wildman–Crippen MR) is 65.0 cm³/mol. The van der Waals surface area contributed by atoms with Gasteiger partial charge < -0.3 is 10.0 Å². The molecule has 1 rings (SSSR count). The van der Waals surface area contributed by atoms with E-state index >= 15 is 0 Å². The predicted octanol–water partition coefficient (Wildman–Crippen LogP) is 1.26. The van der Waals surface area contributed by atoms with Gasteiger partial charge in [0.05, 0.1) is 6.20 Å². The summed E-state index contributed by atoms with van der Waals surface area (Å²) in [6.45, 7) is 6.25. The summed E-state index contributed by atoms with van der Waals surface area (Å²) in [5, 5.41) is 13.5. The Hall–Kier alpha value is -0.870. The molecule has 0 saturated carbocycles. The van der Waals surface area contributed by atoms with Gasteiger partial charge in [-0.25, -0.2) is 0 Å². The van der Waals surface area contributed by atoms with Gasteiger partial charge in [0.15, 0.2) is 0 Å². The monoisotopic (exact) mass is 225 g/mol. The summed E-state index contributed by atoms with van der Waals surface area (Å²) in [7, 11) is 4.00. The average molecular weight is 225 g/mol. The largest absolute Gasteiger partial charge is 0.396 e. The van der Waals surface area contributed by atoms with Crippen LogP contribution < -0.4 is 0 Å². The number of aliphatic hydroxyl groups excluding tert-OH is 1. The van der Waals surface area contributed by atoms with Crippen molar-refractivity contribution >= 4 is 0 Å². The van der Waals surface area contributed by atoms with Crippen LogP contribution in [0.2, 0.25) is 0 Å². The van der Waals surface area contributed by atoms with E-state index < -0.39 is 0 Å². The van der Waals surface area contributed by atoms with Crippen LogP contribution in [0.5, 0.6) is 0 Å². The lowest BCUT2D eigenvalue weighted by molar-refractivity contribution is 0.0930. The van der Waals surface area contributed by atoms with Crippen molar-refractivity contribution in [1.82, 2.24) is 14.7 Å². The first-order valence-corrected chi connectivity index (χ1v) is 5.76. The van der Waals surface area contributed by atoms with Gasteiger partial charge in [-0.1, -0.05) is 13.8 Å². The van der Waals surface area contributed by atoms with Crippen LogP contribution in [0.4, 0.5) is 0 Å². The standard InChI is InChI=1S/C12H23N3O/c1-5-12(2,10-16)9-14(3)7-11-6-13-15(4)8-11/h6,8,16H,5,7,9-10H2,1-4H3. The van der Waals surface area contributed by atoms with Crippen LogP contribution in [-0.2, 0) is 13.6 Å². The van der Waals surface area contributed by atoms with Gasteiger partial charge in [-0.2, -0.15) is 5.10 Å². The van der Waals surface area contributed by atoms with E-state index in [1.807, 2.05) is 24.1 Å². The van der Waals surface area contributed by atoms with E-state index in [2.05, 4.69) is 30.9 Å². The van der Waals surface area contributed by atoms with Crippen LogP contribution in [-0.4, -0.2) is 40.0 Å². The van der Waals surface area contributed by atoms with Crippen LogP contribution in [0, 0.1) is 5.41 Å². The number of hydrogen-bond donors (Lipinski definition) is 1. The summed E-state index contributed by atoms with van der Waals surface area (Å²) in [6.07, 6.45) is 4.90. The SMILES string of the molecule is CCC(C)(CO)CN(C)Cc1cnn(C)c1. The summed E-state index contributed by atoms with van der Waals surface area (Å²) in [6, 6.07) is 0. The van der Waals surface area contributed by atoms with Crippen molar-refractivity contribution < 1.29 is 5.11 Å². The minimum atomic E-state index is -0.00302. The topological polar surface area (TPSA) is 41.3 Å². The first kappa shape index (κ1) is 13.2. The van der Waals surface area contributed by atoms with Gasteiger partial charge in [0.2, 0.25) is 0 Å². The molecule has 4 heteroatoms. The van der Waals surface area contributed by atoms with E-state index in [1.54, 1.807) is 0 Å². The Morgan fingerprint density at radius 1 is 1.56 bits per heavy atom. The Bertz CT molecular complexity index is 318. The van der Waals surface area contributed by atoms with Gasteiger partial charge in [-0.05, 0) is 13.5 Å². The third kappa shape index (κ3) is 3.61. The molecule has 0 bridgehead atoms. The van der Waals surface area contributed by atoms with Gasteiger partial charge in [0.25, 0.3) is 0 Å². The third-order valence-electron chi connectivity index (χ3n) is 3.10. The van der Waals surface area contributed by atoms with Crippen LogP contribution in [0.1, 0.15) is 25.8 Å². The minimum Gasteiger partial charge on any atom is -0.396 e. The van der Waals surface area contributed by atoms with Crippen molar-refractivity contribution in [3.8, 4) is 0 Å². The molecule has 0 aliphatic heterocycles. The van der Waals surface area contributed by atoms with Crippen LogP contribution >= 0.6 is 0 Å². The molecule has 0 radical (unpaired) electrons. The van der Waals surface area contributed by atoms with Crippen molar-refractivity contribution in [1.29, 1.82) is 0 Å². The maximum absolute atomic E-state index is 9.36. The smallest absolute Gasteiger partial charge is 0.0534 e. The second-order valence-corrected chi connectivity index (χ2v) is 5.02. The van der Waals surface area contributed by atoms with E-state index in [0.717, 1.165) is 19.5 Å². The molecule has 0 aromatic carbocycles. The van der Waals surface area contributed by atoms with Crippen LogP contribution in [0.25, 0.3) is 0 Å². The van der Waals surface area contributed by atoms with E-state index in [4.69, 9.17) is 0 Å². The number of aliphatic hydroxyl groups is 1. The van der Waals surface area contributed by atoms with Gasteiger partial charge in [-0.15, -0.1) is 0 Å². The second-order valence-electron chi connectivity index (χ2n) is 5.02. The highest BCUT2D eigenvalue weighted by Gasteiger charge is 2.22. The Morgan fingerprint density at radius 3 is 2.69 bits per heavy atom. The van der Waals surface area contributed by atoms with E-state index in [0.29, 0.717) is 0 Å². The average Bonchev–Trinajstić information content (AvgIpc) is 2.63. The maximum Gasteiger partial charge on any atom is 0.0534 e. The number of hydrogen-bond acceptors (Lipinski definition) is 3. The summed E-state index contributed by atoms with van der Waals surface area (Å²) in [5.41, 5.74) is 1.21. The summed E-state index contributed by atoms with van der Waals surface area (Å²) < 4.78 is 1.81. The fourth-order valence-electron chi connectivity index (χ4n) is 1.85. The quantitative estimate of drug-likeness (QED) is 0.792. The van der Waals surface area contributed by atoms with Crippen molar-refractivity contribution in [2.24, 2.45) is 12.5 Å². The number of nitrogens with zero attached hydrogens (tertiary/aromatic N) is 3. The molecule has 0 aliphatic rings. The molecule has 1 heterocycles. The molecular weight excluding hydrogens is 202 g/mol. The molecule has 1 aromatic rings. The highest BCUT2D eigenvalue weighted by molar-refractivity contribution is 5.03. The number of rotatable bonds is 6. The molecule has 1 atom stereocenters. The lowest BCUT2D eigenvalue weighted by Gasteiger charge is -2.30. The van der Waals surface area contributed by atoms with Crippen molar-refractivity contribution in [3.63, 3.8) is 0 Å². The second kappa shape index (κ2) is 5.46. The molecular formula is C12H23N3O. The Labute approximate surface area is 97.9 Å². The lowest BCUT2D eigenvalue weighted by Crippen LogP contribution is -2.35. The first-order chi connectivity index (χ1) is 7.49. The Balaban J connectivity index is 2.50. The molecule has 0 amide bonds. The van der Waals surface area contributed by atoms with E-state index in [-0.39, 0.29) is 12.0 Å². The van der Waals surface area contributed by atoms with Gasteiger partial charge in [-0.3, -0.25) is 4.68 Å². The fraction of sp³-hybridized carbons (Fsp3) is 0.750. The van der Waals surface area contributed by atoms with Gasteiger partial charge in [0, 0.05) is 43.9 Å². The summed E-state index contributed by atoms with van der Waals surface area (Å²) >= 11 is 0. The Kier molecular flexibility index (Phi) is 4.50. The fourth-order valence-corrected chi connectivity index (χ4v) is 1.85. The summed E-state index contributed by atoms with van der Waals surface area (Å²) in [5.74, 6) is 0. The molecule has 92 valence electrons. The zero-order chi connectivity index (χ0) is 12.2. The Morgan fingerprint density at radius 2 is 2.25 bits per heavy atom. The maximum atomic E-state index is 9.36.